The molecule has 1 heteroatoms. The summed E-state index contributed by atoms with van der Waals surface area (Å²) in [7, 11) is 2.16. The lowest BCUT2D eigenvalue weighted by Gasteiger charge is -2.26. The van der Waals surface area contributed by atoms with E-state index in [2.05, 4.69) is 61.4 Å². The van der Waals surface area contributed by atoms with Gasteiger partial charge in [-0.25, -0.2) is 0 Å². The summed E-state index contributed by atoms with van der Waals surface area (Å²) in [6.45, 7) is 3.19. The first-order chi connectivity index (χ1) is 7.77. The topological polar surface area (TPSA) is 3.24 Å². The van der Waals surface area contributed by atoms with Crippen LogP contribution in [0.5, 0.6) is 0 Å². The number of benzene rings is 2. The van der Waals surface area contributed by atoms with Crippen molar-refractivity contribution in [1.82, 2.24) is 0 Å². The van der Waals surface area contributed by atoms with Crippen molar-refractivity contribution >= 4 is 22.5 Å². The molecule has 0 atom stereocenters. The van der Waals surface area contributed by atoms with Crippen LogP contribution < -0.4 is 4.90 Å². The minimum Gasteiger partial charge on any atom is -0.370 e. The van der Waals surface area contributed by atoms with Crippen molar-refractivity contribution in [3.8, 4) is 0 Å². The summed E-state index contributed by atoms with van der Waals surface area (Å²) in [6.07, 6.45) is 4.44. The Balaban J connectivity index is 2.46. The molecule has 1 aliphatic rings. The Kier molecular flexibility index (Phi) is 2.00. The fourth-order valence-corrected chi connectivity index (χ4v) is 2.53. The van der Waals surface area contributed by atoms with Crippen molar-refractivity contribution < 1.29 is 0 Å². The van der Waals surface area contributed by atoms with Crippen molar-refractivity contribution in [1.29, 1.82) is 0 Å². The minimum absolute atomic E-state index is 1.00. The molecule has 0 N–H and O–H groups in total. The van der Waals surface area contributed by atoms with Crippen LogP contribution in [0.25, 0.3) is 16.8 Å². The Morgan fingerprint density at radius 3 is 2.88 bits per heavy atom. The molecule has 3 rings (SSSR count). The lowest BCUT2D eigenvalue weighted by Crippen LogP contribution is -2.20. The van der Waals surface area contributed by atoms with E-state index in [1.807, 2.05) is 0 Å². The number of rotatable bonds is 0. The first-order valence-corrected chi connectivity index (χ1v) is 5.67. The Hall–Kier alpha value is -1.76. The van der Waals surface area contributed by atoms with Crippen LogP contribution in [0.1, 0.15) is 11.1 Å². The summed E-state index contributed by atoms with van der Waals surface area (Å²) < 4.78 is 0. The first-order valence-electron chi connectivity index (χ1n) is 5.67. The quantitative estimate of drug-likeness (QED) is 0.640. The third kappa shape index (κ3) is 1.25. The maximum absolute atomic E-state index is 2.32. The van der Waals surface area contributed by atoms with Gasteiger partial charge in [0.2, 0.25) is 0 Å². The molecular weight excluding hydrogens is 194 g/mol. The number of likely N-dealkylation sites (N-methyl/N-ethyl adjacent to an activating group) is 1. The Morgan fingerprint density at radius 1 is 1.12 bits per heavy atom. The third-order valence-corrected chi connectivity index (χ3v) is 3.32. The molecule has 0 aliphatic carbocycles. The number of anilines is 1. The third-order valence-electron chi connectivity index (χ3n) is 3.32. The van der Waals surface area contributed by atoms with Crippen LogP contribution in [0.2, 0.25) is 0 Å². The van der Waals surface area contributed by atoms with E-state index in [1.54, 1.807) is 0 Å². The van der Waals surface area contributed by atoms with E-state index in [0.717, 1.165) is 6.54 Å². The van der Waals surface area contributed by atoms with E-state index in [4.69, 9.17) is 0 Å². The maximum atomic E-state index is 2.32. The number of fused-ring (bicyclic) bond motifs is 3. The maximum Gasteiger partial charge on any atom is 0.0522 e. The number of hydrogen-bond acceptors (Lipinski definition) is 1. The summed E-state index contributed by atoms with van der Waals surface area (Å²) >= 11 is 0. The highest BCUT2D eigenvalue weighted by Gasteiger charge is 2.13. The smallest absolute Gasteiger partial charge is 0.0522 e. The van der Waals surface area contributed by atoms with Gasteiger partial charge in [-0.2, -0.15) is 0 Å². The molecule has 1 nitrogen and oxygen atoms in total. The highest BCUT2D eigenvalue weighted by molar-refractivity contribution is 6.01. The molecule has 1 aliphatic heterocycles. The zero-order valence-electron chi connectivity index (χ0n) is 9.70. The van der Waals surface area contributed by atoms with Gasteiger partial charge in [0.25, 0.3) is 0 Å². The Bertz CT molecular complexity index is 581. The van der Waals surface area contributed by atoms with Gasteiger partial charge in [-0.15, -0.1) is 0 Å². The number of hydrogen-bond donors (Lipinski definition) is 0. The zero-order chi connectivity index (χ0) is 11.1. The molecule has 0 radical (unpaired) electrons. The van der Waals surface area contributed by atoms with Gasteiger partial charge in [-0.1, -0.05) is 42.5 Å². The van der Waals surface area contributed by atoms with E-state index >= 15 is 0 Å². The summed E-state index contributed by atoms with van der Waals surface area (Å²) in [5.74, 6) is 0. The molecule has 0 amide bonds. The molecule has 2 aromatic carbocycles. The highest BCUT2D eigenvalue weighted by Crippen LogP contribution is 2.35. The molecular formula is C15H15N. The van der Waals surface area contributed by atoms with Gasteiger partial charge in [0, 0.05) is 19.0 Å². The first kappa shape index (κ1) is 9.46. The van der Waals surface area contributed by atoms with E-state index < -0.39 is 0 Å². The lowest BCUT2D eigenvalue weighted by molar-refractivity contribution is 1.03. The van der Waals surface area contributed by atoms with Crippen molar-refractivity contribution in [2.24, 2.45) is 0 Å². The normalized spacial score (nSPS) is 14.2. The SMILES string of the molecule is Cc1cccc2ccc3c(c12)N(C)CC=C3. The Morgan fingerprint density at radius 2 is 2.00 bits per heavy atom. The van der Waals surface area contributed by atoms with Gasteiger partial charge >= 0.3 is 0 Å². The average molecular weight is 209 g/mol. The Labute approximate surface area is 96.0 Å². The second-order valence-corrected chi connectivity index (χ2v) is 4.46. The molecule has 0 saturated carbocycles. The second-order valence-electron chi connectivity index (χ2n) is 4.46. The molecule has 0 fully saturated rings. The van der Waals surface area contributed by atoms with Gasteiger partial charge in [0.05, 0.1) is 5.69 Å². The van der Waals surface area contributed by atoms with Crippen LogP contribution in [-0.4, -0.2) is 13.6 Å². The molecule has 2 aromatic rings. The molecule has 0 bridgehead atoms. The molecule has 0 spiro atoms. The van der Waals surface area contributed by atoms with Crippen LogP contribution in [0.3, 0.4) is 0 Å². The van der Waals surface area contributed by atoms with Crippen LogP contribution in [0, 0.1) is 6.92 Å². The molecule has 1 heterocycles. The number of aryl methyl sites for hydroxylation is 1. The van der Waals surface area contributed by atoms with Gasteiger partial charge in [0.1, 0.15) is 0 Å². The molecule has 80 valence electrons. The summed E-state index contributed by atoms with van der Waals surface area (Å²) in [4.78, 5) is 2.32. The van der Waals surface area contributed by atoms with Crippen LogP contribution in [0.15, 0.2) is 36.4 Å². The van der Waals surface area contributed by atoms with Crippen molar-refractivity contribution in [3.05, 3.63) is 47.5 Å². The fraction of sp³-hybridized carbons (Fsp3) is 0.200. The second kappa shape index (κ2) is 3.38. The van der Waals surface area contributed by atoms with E-state index in [0.29, 0.717) is 0 Å². The molecule has 0 saturated heterocycles. The average Bonchev–Trinajstić information content (AvgIpc) is 2.29. The standard InChI is InChI=1S/C15H15N/c1-11-5-3-6-12-8-9-13-7-4-10-16(2)15(13)14(11)12/h3-9H,10H2,1-2H3. The summed E-state index contributed by atoms with van der Waals surface area (Å²) in [5, 5.41) is 2.73. The predicted molar refractivity (Wildman–Crippen MR) is 71.0 cm³/mol. The predicted octanol–water partition coefficient (Wildman–Crippen LogP) is 3.61. The lowest BCUT2D eigenvalue weighted by atomic mass is 9.97. The van der Waals surface area contributed by atoms with Crippen molar-refractivity contribution in [3.63, 3.8) is 0 Å². The van der Waals surface area contributed by atoms with Crippen LogP contribution in [0.4, 0.5) is 5.69 Å². The van der Waals surface area contributed by atoms with Gasteiger partial charge in [0.15, 0.2) is 0 Å². The van der Waals surface area contributed by atoms with E-state index in [1.165, 1.54) is 27.6 Å². The summed E-state index contributed by atoms with van der Waals surface area (Å²) in [5.41, 5.74) is 4.06. The minimum atomic E-state index is 1.00. The van der Waals surface area contributed by atoms with E-state index in [-0.39, 0.29) is 0 Å². The largest absolute Gasteiger partial charge is 0.370 e. The molecule has 0 unspecified atom stereocenters. The summed E-state index contributed by atoms with van der Waals surface area (Å²) in [6, 6.07) is 10.9. The van der Waals surface area contributed by atoms with Crippen molar-refractivity contribution in [2.45, 2.75) is 6.92 Å². The fourth-order valence-electron chi connectivity index (χ4n) is 2.53. The zero-order valence-corrected chi connectivity index (χ0v) is 9.70. The van der Waals surface area contributed by atoms with Crippen LogP contribution >= 0.6 is 0 Å². The van der Waals surface area contributed by atoms with Gasteiger partial charge in [-0.05, 0) is 23.4 Å². The monoisotopic (exact) mass is 209 g/mol. The van der Waals surface area contributed by atoms with Gasteiger partial charge < -0.3 is 4.90 Å². The highest BCUT2D eigenvalue weighted by atomic mass is 15.1. The molecule has 16 heavy (non-hydrogen) atoms. The van der Waals surface area contributed by atoms with Crippen molar-refractivity contribution in [2.75, 3.05) is 18.5 Å². The molecule has 0 aromatic heterocycles. The van der Waals surface area contributed by atoms with Gasteiger partial charge in [-0.3, -0.25) is 0 Å². The van der Waals surface area contributed by atoms with Crippen LogP contribution in [-0.2, 0) is 0 Å². The number of nitrogens with zero attached hydrogens (tertiary/aromatic N) is 1. The van der Waals surface area contributed by atoms with E-state index in [9.17, 15) is 0 Å².